The van der Waals surface area contributed by atoms with Crippen LogP contribution in [-0.2, 0) is 4.74 Å². The maximum atomic E-state index is 11.5. The fraction of sp³-hybridized carbons (Fsp3) is 0.263. The number of aromatic nitrogens is 1. The highest BCUT2D eigenvalue weighted by atomic mass is 16.6. The third-order valence-corrected chi connectivity index (χ3v) is 2.94. The highest BCUT2D eigenvalue weighted by molar-refractivity contribution is 5.68. The number of carbonyl (C=O) groups excluding carboxylic acids is 1. The molecule has 1 aromatic heterocycles. The zero-order chi connectivity index (χ0) is 16.7. The van der Waals surface area contributed by atoms with Gasteiger partial charge in [-0.25, -0.2) is 4.79 Å². The van der Waals surface area contributed by atoms with Crippen molar-refractivity contribution in [2.75, 3.05) is 6.54 Å². The van der Waals surface area contributed by atoms with Crippen molar-refractivity contribution in [1.82, 2.24) is 10.3 Å². The first kappa shape index (κ1) is 16.7. The SMILES string of the molecule is CC(C)(C)OC(=O)NCC=Cc1ccc(-c2ccccn2)cc1. The molecule has 0 aliphatic carbocycles. The van der Waals surface area contributed by atoms with Crippen LogP contribution in [-0.4, -0.2) is 23.2 Å². The highest BCUT2D eigenvalue weighted by Gasteiger charge is 2.14. The van der Waals surface area contributed by atoms with E-state index in [4.69, 9.17) is 4.74 Å². The first-order valence-electron chi connectivity index (χ1n) is 7.59. The lowest BCUT2D eigenvalue weighted by Gasteiger charge is -2.19. The van der Waals surface area contributed by atoms with Gasteiger partial charge in [0.05, 0.1) is 5.69 Å². The van der Waals surface area contributed by atoms with E-state index in [0.717, 1.165) is 16.8 Å². The van der Waals surface area contributed by atoms with Gasteiger partial charge in [-0.15, -0.1) is 0 Å². The van der Waals surface area contributed by atoms with Crippen LogP contribution in [0.1, 0.15) is 26.3 Å². The van der Waals surface area contributed by atoms with Crippen molar-refractivity contribution in [3.63, 3.8) is 0 Å². The van der Waals surface area contributed by atoms with Gasteiger partial charge in [-0.3, -0.25) is 4.98 Å². The molecule has 120 valence electrons. The molecule has 0 saturated heterocycles. The molecule has 0 spiro atoms. The Morgan fingerprint density at radius 2 is 1.91 bits per heavy atom. The van der Waals surface area contributed by atoms with Gasteiger partial charge in [0, 0.05) is 18.3 Å². The Balaban J connectivity index is 1.85. The summed E-state index contributed by atoms with van der Waals surface area (Å²) in [5, 5.41) is 2.69. The lowest BCUT2D eigenvalue weighted by Crippen LogP contribution is -2.32. The molecule has 23 heavy (non-hydrogen) atoms. The van der Waals surface area contributed by atoms with Gasteiger partial charge >= 0.3 is 6.09 Å². The summed E-state index contributed by atoms with van der Waals surface area (Å²) in [6.07, 6.45) is 5.22. The van der Waals surface area contributed by atoms with E-state index in [2.05, 4.69) is 10.3 Å². The van der Waals surface area contributed by atoms with Crippen LogP contribution in [0.3, 0.4) is 0 Å². The normalized spacial score (nSPS) is 11.4. The van der Waals surface area contributed by atoms with Crippen molar-refractivity contribution in [3.8, 4) is 11.3 Å². The molecule has 0 unspecified atom stereocenters. The predicted octanol–water partition coefficient (Wildman–Crippen LogP) is 4.29. The van der Waals surface area contributed by atoms with Gasteiger partial charge in [0.1, 0.15) is 5.60 Å². The van der Waals surface area contributed by atoms with E-state index < -0.39 is 11.7 Å². The highest BCUT2D eigenvalue weighted by Crippen LogP contribution is 2.17. The van der Waals surface area contributed by atoms with E-state index in [-0.39, 0.29) is 0 Å². The molecule has 4 nitrogen and oxygen atoms in total. The van der Waals surface area contributed by atoms with Gasteiger partial charge < -0.3 is 10.1 Å². The van der Waals surface area contributed by atoms with Gasteiger partial charge in [-0.2, -0.15) is 0 Å². The van der Waals surface area contributed by atoms with Crippen molar-refractivity contribution in [3.05, 3.63) is 60.3 Å². The average Bonchev–Trinajstić information content (AvgIpc) is 2.51. The first-order valence-corrected chi connectivity index (χ1v) is 7.59. The number of amides is 1. The second-order valence-electron chi connectivity index (χ2n) is 6.12. The van der Waals surface area contributed by atoms with Crippen molar-refractivity contribution < 1.29 is 9.53 Å². The second-order valence-corrected chi connectivity index (χ2v) is 6.12. The number of rotatable bonds is 4. The van der Waals surface area contributed by atoms with Gasteiger partial charge in [-0.05, 0) is 38.5 Å². The molecule has 1 aromatic carbocycles. The van der Waals surface area contributed by atoms with Crippen molar-refractivity contribution in [1.29, 1.82) is 0 Å². The summed E-state index contributed by atoms with van der Waals surface area (Å²) in [6.45, 7) is 5.94. The Morgan fingerprint density at radius 1 is 1.17 bits per heavy atom. The van der Waals surface area contributed by atoms with Crippen LogP contribution >= 0.6 is 0 Å². The van der Waals surface area contributed by atoms with Crippen LogP contribution in [0, 0.1) is 0 Å². The minimum atomic E-state index is -0.477. The zero-order valence-electron chi connectivity index (χ0n) is 13.7. The summed E-state index contributed by atoms with van der Waals surface area (Å²) in [5.41, 5.74) is 2.62. The largest absolute Gasteiger partial charge is 0.444 e. The number of hydrogen-bond acceptors (Lipinski definition) is 3. The summed E-state index contributed by atoms with van der Waals surface area (Å²) >= 11 is 0. The molecule has 0 saturated carbocycles. The average molecular weight is 310 g/mol. The number of nitrogens with zero attached hydrogens (tertiary/aromatic N) is 1. The molecule has 0 fully saturated rings. The molecule has 0 aliphatic heterocycles. The zero-order valence-corrected chi connectivity index (χ0v) is 13.7. The summed E-state index contributed by atoms with van der Waals surface area (Å²) in [7, 11) is 0. The van der Waals surface area contributed by atoms with Crippen LogP contribution in [0.4, 0.5) is 4.79 Å². The van der Waals surface area contributed by atoms with E-state index in [0.29, 0.717) is 6.54 Å². The summed E-state index contributed by atoms with van der Waals surface area (Å²) in [6, 6.07) is 14.0. The van der Waals surface area contributed by atoms with Crippen molar-refractivity contribution in [2.24, 2.45) is 0 Å². The van der Waals surface area contributed by atoms with Crippen LogP contribution < -0.4 is 5.32 Å². The quantitative estimate of drug-likeness (QED) is 0.916. The Morgan fingerprint density at radius 3 is 2.52 bits per heavy atom. The molecular weight excluding hydrogens is 288 g/mol. The standard InChI is InChI=1S/C19H22N2O2/c1-19(2,3)23-18(22)21-14-6-7-15-9-11-16(12-10-15)17-8-4-5-13-20-17/h4-13H,14H2,1-3H3,(H,21,22). The Bertz CT molecular complexity index is 656. The number of carbonyl (C=O) groups is 1. The maximum absolute atomic E-state index is 11.5. The first-order chi connectivity index (χ1) is 10.9. The molecule has 0 radical (unpaired) electrons. The van der Waals surface area contributed by atoms with Crippen molar-refractivity contribution >= 4 is 12.2 Å². The number of benzene rings is 1. The molecular formula is C19H22N2O2. The number of nitrogens with one attached hydrogen (secondary N) is 1. The monoisotopic (exact) mass is 310 g/mol. The smallest absolute Gasteiger partial charge is 0.407 e. The molecule has 0 bridgehead atoms. The Hall–Kier alpha value is -2.62. The molecule has 0 aliphatic rings. The van der Waals surface area contributed by atoms with Crippen LogP contribution in [0.25, 0.3) is 17.3 Å². The summed E-state index contributed by atoms with van der Waals surface area (Å²) < 4.78 is 5.16. The molecule has 4 heteroatoms. The topological polar surface area (TPSA) is 51.2 Å². The molecule has 1 heterocycles. The van der Waals surface area contributed by atoms with Crippen LogP contribution in [0.5, 0.6) is 0 Å². The fourth-order valence-corrected chi connectivity index (χ4v) is 1.95. The van der Waals surface area contributed by atoms with E-state index in [1.165, 1.54) is 0 Å². The molecule has 2 rings (SSSR count). The third kappa shape index (κ3) is 5.94. The fourth-order valence-electron chi connectivity index (χ4n) is 1.95. The van der Waals surface area contributed by atoms with Gasteiger partial charge in [0.15, 0.2) is 0 Å². The van der Waals surface area contributed by atoms with Gasteiger partial charge in [0.2, 0.25) is 0 Å². The molecule has 1 N–H and O–H groups in total. The lowest BCUT2D eigenvalue weighted by atomic mass is 10.1. The van der Waals surface area contributed by atoms with E-state index in [9.17, 15) is 4.79 Å². The van der Waals surface area contributed by atoms with Crippen LogP contribution in [0.2, 0.25) is 0 Å². The van der Waals surface area contributed by atoms with Crippen LogP contribution in [0.15, 0.2) is 54.7 Å². The maximum Gasteiger partial charge on any atom is 0.407 e. The minimum Gasteiger partial charge on any atom is -0.444 e. The Kier molecular flexibility index (Phi) is 5.52. The van der Waals surface area contributed by atoms with E-state index >= 15 is 0 Å². The molecule has 1 amide bonds. The summed E-state index contributed by atoms with van der Waals surface area (Å²) in [4.78, 5) is 15.8. The molecule has 0 atom stereocenters. The number of hydrogen-bond donors (Lipinski definition) is 1. The predicted molar refractivity (Wildman–Crippen MR) is 92.9 cm³/mol. The molecule has 2 aromatic rings. The minimum absolute atomic E-state index is 0.410. The van der Waals surface area contributed by atoms with E-state index in [1.54, 1.807) is 6.20 Å². The van der Waals surface area contributed by atoms with E-state index in [1.807, 2.05) is 75.4 Å². The van der Waals surface area contributed by atoms with Crippen molar-refractivity contribution in [2.45, 2.75) is 26.4 Å². The van der Waals surface area contributed by atoms with Gasteiger partial charge in [-0.1, -0.05) is 42.5 Å². The lowest BCUT2D eigenvalue weighted by molar-refractivity contribution is 0.0534. The summed E-state index contributed by atoms with van der Waals surface area (Å²) in [5.74, 6) is 0. The number of ether oxygens (including phenoxy) is 1. The number of alkyl carbamates (subject to hydrolysis) is 1. The van der Waals surface area contributed by atoms with Gasteiger partial charge in [0.25, 0.3) is 0 Å². The number of pyridine rings is 1. The third-order valence-electron chi connectivity index (χ3n) is 2.94. The Labute approximate surface area is 137 Å². The second kappa shape index (κ2) is 7.58.